The molecule has 8 heteroatoms. The molecular formula is C55H70N4O4. The highest BCUT2D eigenvalue weighted by atomic mass is 16.2. The van der Waals surface area contributed by atoms with E-state index < -0.39 is 29.6 Å². The number of rotatable bonds is 12. The van der Waals surface area contributed by atoms with E-state index >= 15 is 0 Å². The molecule has 0 bridgehead atoms. The van der Waals surface area contributed by atoms with E-state index in [2.05, 4.69) is 125 Å². The molecular weight excluding hydrogens is 781 g/mol. The number of hydrogen-bond acceptors (Lipinski definition) is 5. The molecule has 3 amide bonds. The fourth-order valence-electron chi connectivity index (χ4n) is 8.78. The van der Waals surface area contributed by atoms with Gasteiger partial charge in [-0.05, 0) is 141 Å². The van der Waals surface area contributed by atoms with Crippen LogP contribution in [0.5, 0.6) is 0 Å². The number of amides is 3. The standard InChI is InChI=1S/C27H34N2O2.C27H31NO2.CH5N/c1-16-13-22-23(27(5,6)12-11-26(22,3)4)15-20(16)17(2)19-9-7-18(8-10-19)14-21(24(28)30)25(29)31;1-17-13-23-24(27(5,6)12-11-26(23,3)4)15-22(17)18(2)20-9-7-19(8-10-20)14-21(16-29)25(28)30;1-2/h7-10,13,15,21H,2,11-12,14H2,1,3-6H3,(H2,28,30)(H2,29,31);7-13,15-16,21H,2,14H2,1,3-6H3,(H2,28,30);2H2,1H3. The summed E-state index contributed by atoms with van der Waals surface area (Å²) < 4.78 is 0. The van der Waals surface area contributed by atoms with Crippen LogP contribution >= 0.6 is 0 Å². The normalized spacial score (nSPS) is 16.4. The zero-order valence-electron chi connectivity index (χ0n) is 39.5. The van der Waals surface area contributed by atoms with Crippen molar-refractivity contribution in [2.45, 2.75) is 117 Å². The smallest absolute Gasteiger partial charge is 0.230 e. The Bertz CT molecular complexity index is 2420. The van der Waals surface area contributed by atoms with Crippen molar-refractivity contribution in [1.29, 1.82) is 0 Å². The van der Waals surface area contributed by atoms with Gasteiger partial charge in [-0.25, -0.2) is 0 Å². The maximum absolute atomic E-state index is 11.5. The second-order valence-electron chi connectivity index (χ2n) is 19.7. The van der Waals surface area contributed by atoms with Crippen LogP contribution in [0.15, 0.2) is 98.1 Å². The number of aryl methyl sites for hydroxylation is 2. The monoisotopic (exact) mass is 851 g/mol. The average Bonchev–Trinajstić information content (AvgIpc) is 3.23. The first kappa shape index (κ1) is 49.8. The Morgan fingerprint density at radius 1 is 0.571 bits per heavy atom. The summed E-state index contributed by atoms with van der Waals surface area (Å²) in [5.41, 5.74) is 36.6. The van der Waals surface area contributed by atoms with Crippen LogP contribution in [-0.2, 0) is 53.7 Å². The first-order chi connectivity index (χ1) is 29.3. The van der Waals surface area contributed by atoms with Crippen molar-refractivity contribution in [2.75, 3.05) is 7.05 Å². The van der Waals surface area contributed by atoms with Gasteiger partial charge in [-0.1, -0.05) is 147 Å². The molecule has 0 saturated heterocycles. The Balaban J connectivity index is 0.000000266. The summed E-state index contributed by atoms with van der Waals surface area (Å²) in [6.07, 6.45) is 8.10. The van der Waals surface area contributed by atoms with Gasteiger partial charge in [-0.2, -0.15) is 0 Å². The van der Waals surface area contributed by atoms with Crippen LogP contribution in [0, 0.1) is 25.7 Å². The fourth-order valence-corrected chi connectivity index (χ4v) is 8.78. The van der Waals surface area contributed by atoms with E-state index in [1.807, 2.05) is 48.5 Å². The highest BCUT2D eigenvalue weighted by molar-refractivity contribution is 5.99. The number of carbonyl (C=O) groups is 4. The van der Waals surface area contributed by atoms with Gasteiger partial charge >= 0.3 is 0 Å². The minimum absolute atomic E-state index is 0.00662. The molecule has 63 heavy (non-hydrogen) atoms. The van der Waals surface area contributed by atoms with Crippen LogP contribution in [0.2, 0.25) is 0 Å². The third-order valence-electron chi connectivity index (χ3n) is 13.2. The van der Waals surface area contributed by atoms with Crippen molar-refractivity contribution in [1.82, 2.24) is 0 Å². The highest BCUT2D eigenvalue weighted by Gasteiger charge is 2.38. The van der Waals surface area contributed by atoms with Gasteiger partial charge in [-0.15, -0.1) is 0 Å². The Hall–Kier alpha value is -5.86. The van der Waals surface area contributed by atoms with Crippen LogP contribution in [0.25, 0.3) is 11.1 Å². The topological polar surface area (TPSA) is 172 Å². The summed E-state index contributed by atoms with van der Waals surface area (Å²) in [7, 11) is 1.50. The van der Waals surface area contributed by atoms with Gasteiger partial charge in [0.1, 0.15) is 12.2 Å². The van der Waals surface area contributed by atoms with E-state index in [0.717, 1.165) is 50.9 Å². The zero-order chi connectivity index (χ0) is 47.4. The first-order valence-corrected chi connectivity index (χ1v) is 21.8. The molecule has 0 spiro atoms. The van der Waals surface area contributed by atoms with E-state index in [1.54, 1.807) is 0 Å². The molecule has 2 aliphatic carbocycles. The van der Waals surface area contributed by atoms with Crippen molar-refractivity contribution in [3.8, 4) is 0 Å². The first-order valence-electron chi connectivity index (χ1n) is 21.8. The van der Waals surface area contributed by atoms with E-state index in [-0.39, 0.29) is 28.1 Å². The molecule has 0 aliphatic heterocycles. The number of nitrogens with two attached hydrogens (primary N) is 4. The summed E-state index contributed by atoms with van der Waals surface area (Å²) in [6, 6.07) is 24.9. The highest BCUT2D eigenvalue weighted by Crippen LogP contribution is 2.48. The predicted molar refractivity (Wildman–Crippen MR) is 260 cm³/mol. The maximum atomic E-state index is 11.5. The maximum Gasteiger partial charge on any atom is 0.230 e. The lowest BCUT2D eigenvalue weighted by molar-refractivity contribution is -0.131. The minimum atomic E-state index is -0.998. The molecule has 0 aromatic heterocycles. The van der Waals surface area contributed by atoms with Gasteiger partial charge in [-0.3, -0.25) is 14.4 Å². The largest absolute Gasteiger partial charge is 0.369 e. The Morgan fingerprint density at radius 2 is 0.921 bits per heavy atom. The zero-order valence-corrected chi connectivity index (χ0v) is 39.5. The number of aldehydes is 1. The van der Waals surface area contributed by atoms with Crippen molar-refractivity contribution >= 4 is 35.2 Å². The third-order valence-corrected chi connectivity index (χ3v) is 13.2. The lowest BCUT2D eigenvalue weighted by Crippen LogP contribution is -2.36. The van der Waals surface area contributed by atoms with Crippen molar-refractivity contribution in [2.24, 2.45) is 34.8 Å². The molecule has 0 heterocycles. The van der Waals surface area contributed by atoms with E-state index in [9.17, 15) is 19.2 Å². The summed E-state index contributed by atoms with van der Waals surface area (Å²) in [5.74, 6) is -3.78. The molecule has 1 atom stereocenters. The second kappa shape index (κ2) is 19.3. The molecule has 8 N–H and O–H groups in total. The van der Waals surface area contributed by atoms with Gasteiger partial charge in [0.2, 0.25) is 17.7 Å². The van der Waals surface area contributed by atoms with Crippen LogP contribution in [0.1, 0.15) is 135 Å². The van der Waals surface area contributed by atoms with Crippen molar-refractivity contribution in [3.05, 3.63) is 165 Å². The number of carbonyl (C=O) groups excluding carboxylic acids is 4. The van der Waals surface area contributed by atoms with Crippen molar-refractivity contribution in [3.63, 3.8) is 0 Å². The van der Waals surface area contributed by atoms with Crippen LogP contribution in [0.3, 0.4) is 0 Å². The predicted octanol–water partition coefficient (Wildman–Crippen LogP) is 9.13. The number of allylic oxidation sites excluding steroid dienone is 2. The van der Waals surface area contributed by atoms with E-state index in [1.165, 1.54) is 46.8 Å². The van der Waals surface area contributed by atoms with Gasteiger partial charge in [0, 0.05) is 10.8 Å². The van der Waals surface area contributed by atoms with Crippen LogP contribution in [-0.4, -0.2) is 31.1 Å². The van der Waals surface area contributed by atoms with Crippen LogP contribution < -0.4 is 22.9 Å². The lowest BCUT2D eigenvalue weighted by Gasteiger charge is -2.42. The molecule has 6 rings (SSSR count). The number of hydrogen-bond donors (Lipinski definition) is 4. The number of benzene rings is 4. The number of primary amides is 3. The van der Waals surface area contributed by atoms with Crippen LogP contribution in [0.4, 0.5) is 0 Å². The summed E-state index contributed by atoms with van der Waals surface area (Å²) in [5, 5.41) is 0. The molecule has 2 aliphatic rings. The fraction of sp³-hybridized carbons (Fsp3) is 0.382. The molecule has 4 aromatic rings. The number of fused-ring (bicyclic) bond motifs is 2. The average molecular weight is 851 g/mol. The second-order valence-corrected chi connectivity index (χ2v) is 19.7. The van der Waals surface area contributed by atoms with Gasteiger partial charge < -0.3 is 27.7 Å². The summed E-state index contributed by atoms with van der Waals surface area (Å²) in [6.45, 7) is 31.4. The molecule has 334 valence electrons. The Labute approximate surface area is 376 Å². The lowest BCUT2D eigenvalue weighted by atomic mass is 9.62. The molecule has 0 saturated carbocycles. The molecule has 0 radical (unpaired) electrons. The molecule has 0 fully saturated rings. The van der Waals surface area contributed by atoms with E-state index in [0.29, 0.717) is 12.7 Å². The van der Waals surface area contributed by atoms with Gasteiger partial charge in [0.05, 0.1) is 5.92 Å². The quantitative estimate of drug-likeness (QED) is 0.0632. The van der Waals surface area contributed by atoms with Gasteiger partial charge in [0.15, 0.2) is 0 Å². The summed E-state index contributed by atoms with van der Waals surface area (Å²) >= 11 is 0. The van der Waals surface area contributed by atoms with E-state index in [4.69, 9.17) is 17.2 Å². The molecule has 8 nitrogen and oxygen atoms in total. The SMILES string of the molecule is C=C(c1ccc(CC(C(N)=O)C(N)=O)cc1)c1cc2c(cc1C)C(C)(C)CCC2(C)C.C=C(c1ccc(CC(C=O)C(N)=O)cc1)c1cc2c(cc1C)C(C)(C)C=CC2(C)C.CN. The Kier molecular flexibility index (Phi) is 15.2. The minimum Gasteiger partial charge on any atom is -0.369 e. The molecule has 4 aromatic carbocycles. The third kappa shape index (κ3) is 11.0. The summed E-state index contributed by atoms with van der Waals surface area (Å²) in [4.78, 5) is 45.3. The Morgan fingerprint density at radius 3 is 1.30 bits per heavy atom. The van der Waals surface area contributed by atoms with Crippen molar-refractivity contribution < 1.29 is 19.2 Å². The molecule has 1 unspecified atom stereocenters. The van der Waals surface area contributed by atoms with Gasteiger partial charge in [0.25, 0.3) is 0 Å².